The van der Waals surface area contributed by atoms with Crippen molar-refractivity contribution >= 4 is 17.5 Å². The summed E-state index contributed by atoms with van der Waals surface area (Å²) in [6.07, 6.45) is 1.14. The Morgan fingerprint density at radius 2 is 2.06 bits per heavy atom. The van der Waals surface area contributed by atoms with Gasteiger partial charge in [0.15, 0.2) is 0 Å². The second kappa shape index (κ2) is 5.01. The highest BCUT2D eigenvalue weighted by molar-refractivity contribution is 8.06. The van der Waals surface area contributed by atoms with Gasteiger partial charge in [-0.1, -0.05) is 49.0 Å². The van der Waals surface area contributed by atoms with Gasteiger partial charge in [-0.3, -0.25) is 0 Å². The zero-order chi connectivity index (χ0) is 12.4. The summed E-state index contributed by atoms with van der Waals surface area (Å²) in [6.45, 7) is 11.7. The van der Waals surface area contributed by atoms with Crippen molar-refractivity contribution in [1.82, 2.24) is 4.90 Å². The fourth-order valence-electron chi connectivity index (χ4n) is 2.16. The van der Waals surface area contributed by atoms with Crippen LogP contribution in [0.4, 0.5) is 0 Å². The molecule has 0 fully saturated rings. The summed E-state index contributed by atoms with van der Waals surface area (Å²) in [5, 5.41) is 3.36. The monoisotopic (exact) mass is 245 g/mol. The number of hydrogen-bond acceptors (Lipinski definition) is 2. The lowest BCUT2D eigenvalue weighted by molar-refractivity contribution is 0.520. The molecule has 90 valence electrons. The van der Waals surface area contributed by atoms with E-state index in [4.69, 9.17) is 0 Å². The molecule has 0 saturated carbocycles. The van der Waals surface area contributed by atoms with Gasteiger partial charge in [-0.15, -0.1) is 0 Å². The Bertz CT molecular complexity index is 474. The van der Waals surface area contributed by atoms with Crippen LogP contribution in [0, 0.1) is 13.8 Å². The maximum atomic E-state index is 4.11. The highest BCUT2D eigenvalue weighted by atomic mass is 32.2. The number of aryl methyl sites for hydroxylation is 2. The molecule has 1 aromatic rings. The third-order valence-electron chi connectivity index (χ3n) is 3.00. The molecule has 1 aliphatic heterocycles. The molecule has 2 rings (SSSR count). The summed E-state index contributed by atoms with van der Waals surface area (Å²) in [6, 6.07) is 6.64. The van der Waals surface area contributed by atoms with Crippen molar-refractivity contribution in [3.8, 4) is 0 Å². The minimum atomic E-state index is 1.05. The Balaban J connectivity index is 2.36. The second-order valence-corrected chi connectivity index (χ2v) is 5.43. The van der Waals surface area contributed by atoms with Crippen LogP contribution in [0.5, 0.6) is 0 Å². The average Bonchev–Trinajstić information content (AvgIpc) is 2.62. The average molecular weight is 245 g/mol. The summed E-state index contributed by atoms with van der Waals surface area (Å²) in [7, 11) is 0. The van der Waals surface area contributed by atoms with Crippen molar-refractivity contribution in [2.75, 3.05) is 6.54 Å². The Morgan fingerprint density at radius 3 is 2.71 bits per heavy atom. The number of hydrogen-bond donors (Lipinski definition) is 0. The SMILES string of the molecule is C=C1SC=C(c2ccc(C)cc2C)N1CCC. The van der Waals surface area contributed by atoms with Crippen LogP contribution in [0.3, 0.4) is 0 Å². The van der Waals surface area contributed by atoms with Gasteiger partial charge in [-0.25, -0.2) is 0 Å². The molecule has 0 unspecified atom stereocenters. The number of rotatable bonds is 3. The molecule has 1 aromatic carbocycles. The standard InChI is InChI=1S/C15H19NS/c1-5-8-16-13(4)17-10-15(16)14-7-6-11(2)9-12(14)3/h6-7,9-10H,4-5,8H2,1-3H3. The van der Waals surface area contributed by atoms with Gasteiger partial charge in [0, 0.05) is 17.5 Å². The lowest BCUT2D eigenvalue weighted by Gasteiger charge is -2.23. The van der Waals surface area contributed by atoms with E-state index in [-0.39, 0.29) is 0 Å². The van der Waals surface area contributed by atoms with E-state index in [9.17, 15) is 0 Å². The minimum Gasteiger partial charge on any atom is -0.336 e. The molecule has 1 aliphatic rings. The highest BCUT2D eigenvalue weighted by Crippen LogP contribution is 2.39. The third kappa shape index (κ3) is 2.42. The molecule has 0 aromatic heterocycles. The molecule has 0 amide bonds. The van der Waals surface area contributed by atoms with Crippen LogP contribution in [0.25, 0.3) is 5.70 Å². The summed E-state index contributed by atoms with van der Waals surface area (Å²) in [4.78, 5) is 2.32. The Hall–Kier alpha value is -1.15. The molecule has 2 heteroatoms. The van der Waals surface area contributed by atoms with Gasteiger partial charge in [0.05, 0.1) is 10.7 Å². The Morgan fingerprint density at radius 1 is 1.29 bits per heavy atom. The van der Waals surface area contributed by atoms with Gasteiger partial charge >= 0.3 is 0 Å². The van der Waals surface area contributed by atoms with E-state index in [1.165, 1.54) is 22.4 Å². The maximum absolute atomic E-state index is 4.11. The molecular weight excluding hydrogens is 226 g/mol. The van der Waals surface area contributed by atoms with E-state index in [2.05, 4.69) is 55.9 Å². The van der Waals surface area contributed by atoms with Crippen LogP contribution in [0.15, 0.2) is 35.2 Å². The minimum absolute atomic E-state index is 1.05. The van der Waals surface area contributed by atoms with Gasteiger partial charge < -0.3 is 4.90 Å². The number of benzene rings is 1. The molecule has 0 aliphatic carbocycles. The van der Waals surface area contributed by atoms with E-state index in [0.717, 1.165) is 18.0 Å². The topological polar surface area (TPSA) is 3.24 Å². The van der Waals surface area contributed by atoms with E-state index in [0.29, 0.717) is 0 Å². The van der Waals surface area contributed by atoms with Crippen LogP contribution >= 0.6 is 11.8 Å². The first-order valence-corrected chi connectivity index (χ1v) is 6.92. The van der Waals surface area contributed by atoms with Crippen LogP contribution in [-0.4, -0.2) is 11.4 Å². The molecule has 1 heterocycles. The first-order valence-electron chi connectivity index (χ1n) is 6.04. The molecule has 0 spiro atoms. The van der Waals surface area contributed by atoms with Gasteiger partial charge in [0.25, 0.3) is 0 Å². The first kappa shape index (κ1) is 12.3. The molecule has 0 saturated heterocycles. The Kier molecular flexibility index (Phi) is 3.63. The zero-order valence-electron chi connectivity index (χ0n) is 10.8. The van der Waals surface area contributed by atoms with E-state index in [1.54, 1.807) is 11.8 Å². The van der Waals surface area contributed by atoms with E-state index >= 15 is 0 Å². The summed E-state index contributed by atoms with van der Waals surface area (Å²) < 4.78 is 0. The highest BCUT2D eigenvalue weighted by Gasteiger charge is 2.21. The Labute approximate surface area is 108 Å². The van der Waals surface area contributed by atoms with Crippen molar-refractivity contribution in [1.29, 1.82) is 0 Å². The molecule has 1 nitrogen and oxygen atoms in total. The van der Waals surface area contributed by atoms with E-state index in [1.807, 2.05) is 0 Å². The van der Waals surface area contributed by atoms with Crippen LogP contribution in [0.1, 0.15) is 30.0 Å². The summed E-state index contributed by atoms with van der Waals surface area (Å²) in [5.74, 6) is 0. The lowest BCUT2D eigenvalue weighted by atomic mass is 10.0. The fraction of sp³-hybridized carbons (Fsp3) is 0.333. The molecular formula is C15H19NS. The molecule has 0 radical (unpaired) electrons. The van der Waals surface area contributed by atoms with Crippen molar-refractivity contribution in [2.45, 2.75) is 27.2 Å². The van der Waals surface area contributed by atoms with Crippen LogP contribution < -0.4 is 0 Å². The smallest absolute Gasteiger partial charge is 0.0722 e. The quantitative estimate of drug-likeness (QED) is 0.769. The van der Waals surface area contributed by atoms with Gasteiger partial charge in [-0.05, 0) is 25.8 Å². The second-order valence-electron chi connectivity index (χ2n) is 4.48. The van der Waals surface area contributed by atoms with E-state index < -0.39 is 0 Å². The van der Waals surface area contributed by atoms with Gasteiger partial charge in [0.1, 0.15) is 0 Å². The zero-order valence-corrected chi connectivity index (χ0v) is 11.6. The van der Waals surface area contributed by atoms with Crippen molar-refractivity contribution in [3.05, 3.63) is 51.9 Å². The third-order valence-corrected chi connectivity index (χ3v) is 3.84. The van der Waals surface area contributed by atoms with Crippen LogP contribution in [-0.2, 0) is 0 Å². The van der Waals surface area contributed by atoms with Gasteiger partial charge in [0.2, 0.25) is 0 Å². The van der Waals surface area contributed by atoms with Crippen molar-refractivity contribution < 1.29 is 0 Å². The predicted molar refractivity (Wildman–Crippen MR) is 77.6 cm³/mol. The largest absolute Gasteiger partial charge is 0.336 e. The summed E-state index contributed by atoms with van der Waals surface area (Å²) in [5.41, 5.74) is 5.29. The fourth-order valence-corrected chi connectivity index (χ4v) is 2.98. The van der Waals surface area contributed by atoms with Gasteiger partial charge in [-0.2, -0.15) is 0 Å². The van der Waals surface area contributed by atoms with Crippen LogP contribution in [0.2, 0.25) is 0 Å². The lowest BCUT2D eigenvalue weighted by Crippen LogP contribution is -2.17. The molecule has 17 heavy (non-hydrogen) atoms. The molecule has 0 bridgehead atoms. The normalized spacial score (nSPS) is 15.4. The van der Waals surface area contributed by atoms with Crippen molar-refractivity contribution in [2.24, 2.45) is 0 Å². The van der Waals surface area contributed by atoms with Crippen molar-refractivity contribution in [3.63, 3.8) is 0 Å². The predicted octanol–water partition coefficient (Wildman–Crippen LogP) is 4.53. The molecule has 0 atom stereocenters. The molecule has 0 N–H and O–H groups in total. The summed E-state index contributed by atoms with van der Waals surface area (Å²) >= 11 is 1.73. The first-order chi connectivity index (χ1) is 8.13. The number of nitrogens with zero attached hydrogens (tertiary/aromatic N) is 1. The number of thioether (sulfide) groups is 1. The maximum Gasteiger partial charge on any atom is 0.0722 e.